The van der Waals surface area contributed by atoms with Gasteiger partial charge in [-0.2, -0.15) is 0 Å². The van der Waals surface area contributed by atoms with Gasteiger partial charge >= 0.3 is 0 Å². The van der Waals surface area contributed by atoms with E-state index < -0.39 is 7.29 Å². The molecule has 1 saturated heterocycles. The Morgan fingerprint density at radius 3 is 1.94 bits per heavy atom. The Morgan fingerprint density at radius 1 is 1.19 bits per heavy atom. The van der Waals surface area contributed by atoms with Crippen LogP contribution in [0.1, 0.15) is 26.7 Å². The molecule has 0 spiro atoms. The summed E-state index contributed by atoms with van der Waals surface area (Å²) in [5, 5.41) is -0.283. The highest BCUT2D eigenvalue weighted by Crippen LogP contribution is 2.54. The van der Waals surface area contributed by atoms with Gasteiger partial charge in [0.15, 0.2) is 7.29 Å². The Bertz CT molecular complexity index is 264. The molecule has 1 heterocycles. The van der Waals surface area contributed by atoms with Crippen molar-refractivity contribution in [1.29, 1.82) is 0 Å². The summed E-state index contributed by atoms with van der Waals surface area (Å²) < 4.78 is 12.4. The number of likely N-dealkylation sites (N-methyl/N-ethyl adjacent to an activating group) is 1. The zero-order chi connectivity index (χ0) is 12.4. The molecular weight excluding hydrogens is 221 g/mol. The van der Waals surface area contributed by atoms with Crippen LogP contribution >= 0.6 is 7.29 Å². The normalized spacial score (nSPS) is 24.3. The number of nitrogens with two attached hydrogens (primary N) is 1. The highest BCUT2D eigenvalue weighted by Gasteiger charge is 2.45. The fraction of sp³-hybridized carbons (Fsp3) is 1.00. The van der Waals surface area contributed by atoms with E-state index in [0.29, 0.717) is 0 Å². The van der Waals surface area contributed by atoms with Crippen LogP contribution in [0, 0.1) is 0 Å². The molecule has 1 fully saturated rings. The zero-order valence-corrected chi connectivity index (χ0v) is 12.0. The molecule has 1 rings (SSSR count). The van der Waals surface area contributed by atoms with E-state index in [-0.39, 0.29) is 5.28 Å². The molecule has 0 amide bonds. The summed E-state index contributed by atoms with van der Waals surface area (Å²) in [6.45, 7) is 9.98. The quantitative estimate of drug-likeness (QED) is 0.767. The van der Waals surface area contributed by atoms with Crippen LogP contribution in [-0.4, -0.2) is 55.0 Å². The maximum atomic E-state index is 12.4. The predicted molar refractivity (Wildman–Crippen MR) is 70.1 cm³/mol. The molecule has 1 atom stereocenters. The van der Waals surface area contributed by atoms with Crippen LogP contribution in [0.3, 0.4) is 0 Å². The number of hydrogen-bond donors (Lipinski definition) is 1. The van der Waals surface area contributed by atoms with Gasteiger partial charge in [0.25, 0.3) is 0 Å². The highest BCUT2D eigenvalue weighted by atomic mass is 31.2. The third kappa shape index (κ3) is 2.51. The van der Waals surface area contributed by atoms with E-state index >= 15 is 0 Å². The molecule has 16 heavy (non-hydrogen) atoms. The molecule has 0 aromatic rings. The molecule has 96 valence electrons. The first kappa shape index (κ1) is 14.2. The molecule has 1 aliphatic rings. The summed E-state index contributed by atoms with van der Waals surface area (Å²) in [4.78, 5) is 4.66. The fourth-order valence-electron chi connectivity index (χ4n) is 2.83. The Labute approximate surface area is 99.6 Å². The zero-order valence-electron chi connectivity index (χ0n) is 11.1. The van der Waals surface area contributed by atoms with Gasteiger partial charge in [-0.15, -0.1) is 0 Å². The smallest absolute Gasteiger partial charge is 0.161 e. The van der Waals surface area contributed by atoms with Crippen LogP contribution < -0.4 is 5.50 Å². The van der Waals surface area contributed by atoms with E-state index in [1.54, 1.807) is 6.66 Å². The Kier molecular flexibility index (Phi) is 4.58. The summed E-state index contributed by atoms with van der Waals surface area (Å²) in [6.07, 6.45) is 1.75. The highest BCUT2D eigenvalue weighted by molar-refractivity contribution is 7.62. The summed E-state index contributed by atoms with van der Waals surface area (Å²) in [6, 6.07) is 0. The first-order valence-electron chi connectivity index (χ1n) is 6.17. The van der Waals surface area contributed by atoms with Gasteiger partial charge in [0.05, 0.1) is 5.28 Å². The van der Waals surface area contributed by atoms with Crippen LogP contribution in [0.5, 0.6) is 0 Å². The summed E-state index contributed by atoms with van der Waals surface area (Å²) in [5.41, 5.74) is 6.00. The molecular formula is C11H26N3OP. The minimum atomic E-state index is -2.59. The molecule has 5 heteroatoms. The maximum absolute atomic E-state index is 12.4. The average Bonchev–Trinajstić information content (AvgIpc) is 2.21. The number of hydrogen-bond acceptors (Lipinski definition) is 3. The van der Waals surface area contributed by atoms with Crippen molar-refractivity contribution in [3.8, 4) is 0 Å². The molecule has 0 aromatic heterocycles. The van der Waals surface area contributed by atoms with E-state index in [1.165, 1.54) is 0 Å². The SMILES string of the molecule is CCC(CC)(N1CCN(C)CC1)P(C)(N)=O. The minimum absolute atomic E-state index is 0.283. The van der Waals surface area contributed by atoms with Crippen LogP contribution in [0.4, 0.5) is 0 Å². The van der Waals surface area contributed by atoms with E-state index in [9.17, 15) is 4.57 Å². The Hall–Kier alpha value is 0.110. The van der Waals surface area contributed by atoms with Gasteiger partial charge in [-0.3, -0.25) is 10.4 Å². The molecule has 0 aliphatic carbocycles. The van der Waals surface area contributed by atoms with Crippen molar-refractivity contribution in [2.45, 2.75) is 32.0 Å². The lowest BCUT2D eigenvalue weighted by Crippen LogP contribution is -2.56. The van der Waals surface area contributed by atoms with Crippen LogP contribution in [0.2, 0.25) is 0 Å². The first-order valence-corrected chi connectivity index (χ1v) is 8.39. The molecule has 0 saturated carbocycles. The van der Waals surface area contributed by atoms with Crippen molar-refractivity contribution in [3.63, 3.8) is 0 Å². The molecule has 1 aliphatic heterocycles. The van der Waals surface area contributed by atoms with E-state index in [0.717, 1.165) is 39.0 Å². The fourth-order valence-corrected chi connectivity index (χ4v) is 4.85. The summed E-state index contributed by atoms with van der Waals surface area (Å²) in [5.74, 6) is 0. The second kappa shape index (κ2) is 5.18. The maximum Gasteiger partial charge on any atom is 0.161 e. The van der Waals surface area contributed by atoms with Crippen molar-refractivity contribution < 1.29 is 4.57 Å². The van der Waals surface area contributed by atoms with Crippen molar-refractivity contribution in [2.24, 2.45) is 5.50 Å². The summed E-state index contributed by atoms with van der Waals surface area (Å²) >= 11 is 0. The predicted octanol–water partition coefficient (Wildman–Crippen LogP) is 1.62. The van der Waals surface area contributed by atoms with E-state index in [4.69, 9.17) is 5.50 Å². The molecule has 2 N–H and O–H groups in total. The van der Waals surface area contributed by atoms with Crippen molar-refractivity contribution >= 4 is 7.29 Å². The van der Waals surface area contributed by atoms with Crippen molar-refractivity contribution in [3.05, 3.63) is 0 Å². The third-order valence-electron chi connectivity index (χ3n) is 4.05. The largest absolute Gasteiger partial charge is 0.305 e. The van der Waals surface area contributed by atoms with Crippen molar-refractivity contribution in [2.75, 3.05) is 39.9 Å². The lowest BCUT2D eigenvalue weighted by molar-refractivity contribution is 0.0812. The lowest BCUT2D eigenvalue weighted by Gasteiger charge is -2.48. The lowest BCUT2D eigenvalue weighted by atomic mass is 10.1. The summed E-state index contributed by atoms with van der Waals surface area (Å²) in [7, 11) is -0.458. The van der Waals surface area contributed by atoms with Gasteiger partial charge in [0, 0.05) is 32.8 Å². The molecule has 0 aromatic carbocycles. The first-order chi connectivity index (χ1) is 7.37. The standard InChI is InChI=1S/C11H26N3OP/c1-5-11(6-2,16(4,12)15)14-9-7-13(3)8-10-14/h5-10H2,1-4H3,(H2,12,15). The minimum Gasteiger partial charge on any atom is -0.305 e. The topological polar surface area (TPSA) is 49.6 Å². The van der Waals surface area contributed by atoms with E-state index in [1.807, 2.05) is 0 Å². The average molecular weight is 247 g/mol. The number of piperazine rings is 1. The number of rotatable bonds is 4. The van der Waals surface area contributed by atoms with Gasteiger partial charge in [-0.25, -0.2) is 0 Å². The van der Waals surface area contributed by atoms with Gasteiger partial charge in [0.2, 0.25) is 0 Å². The Balaban J connectivity index is 2.90. The van der Waals surface area contributed by atoms with Gasteiger partial charge in [-0.05, 0) is 19.9 Å². The molecule has 1 unspecified atom stereocenters. The molecule has 4 nitrogen and oxygen atoms in total. The van der Waals surface area contributed by atoms with Gasteiger partial charge in [0.1, 0.15) is 0 Å². The van der Waals surface area contributed by atoms with Crippen molar-refractivity contribution in [1.82, 2.24) is 9.80 Å². The number of nitrogens with zero attached hydrogens (tertiary/aromatic N) is 2. The molecule has 0 radical (unpaired) electrons. The van der Waals surface area contributed by atoms with E-state index in [2.05, 4.69) is 30.7 Å². The van der Waals surface area contributed by atoms with Crippen LogP contribution in [0.15, 0.2) is 0 Å². The second-order valence-corrected chi connectivity index (χ2v) is 7.78. The van der Waals surface area contributed by atoms with Gasteiger partial charge in [-0.1, -0.05) is 13.8 Å². The van der Waals surface area contributed by atoms with Gasteiger partial charge < -0.3 is 9.46 Å². The second-order valence-electron chi connectivity index (χ2n) is 4.97. The third-order valence-corrected chi connectivity index (χ3v) is 6.62. The monoisotopic (exact) mass is 247 g/mol. The van der Waals surface area contributed by atoms with Crippen LogP contribution in [0.25, 0.3) is 0 Å². The van der Waals surface area contributed by atoms with Crippen LogP contribution in [-0.2, 0) is 4.57 Å². The molecule has 0 bridgehead atoms. The Morgan fingerprint density at radius 2 is 1.62 bits per heavy atom.